The molecule has 0 saturated carbocycles. The van der Waals surface area contributed by atoms with E-state index in [-0.39, 0.29) is 11.9 Å². The molecule has 1 unspecified atom stereocenters. The Kier molecular flexibility index (Phi) is 4.13. The molecule has 0 amide bonds. The smallest absolute Gasteiger partial charge is 0.132 e. The maximum absolute atomic E-state index is 15.1. The third-order valence-electron chi connectivity index (χ3n) is 5.57. The van der Waals surface area contributed by atoms with Crippen LogP contribution in [0.25, 0.3) is 10.9 Å². The maximum atomic E-state index is 15.1. The van der Waals surface area contributed by atoms with Crippen LogP contribution in [0.1, 0.15) is 28.6 Å². The average Bonchev–Trinajstić information content (AvgIpc) is 3.35. The van der Waals surface area contributed by atoms with Crippen LogP contribution in [0.4, 0.5) is 4.39 Å². The summed E-state index contributed by atoms with van der Waals surface area (Å²) in [5, 5.41) is 8.30. The molecule has 1 aliphatic heterocycles. The molecular weight excluding hydrogens is 355 g/mol. The standard InChI is InChI=1S/C22H21FN4O/c1-28-15-6-7-18(19(23)12-15)22-21-17(16-4-2-3-5-20(16)25-21)9-11-27(22)13-14-8-10-24-26-14/h2-8,10,12,22,25H,9,11,13H2,1H3,(H,24,26). The van der Waals surface area contributed by atoms with Gasteiger partial charge in [-0.25, -0.2) is 4.39 Å². The summed E-state index contributed by atoms with van der Waals surface area (Å²) in [6, 6.07) is 15.2. The van der Waals surface area contributed by atoms with E-state index in [0.29, 0.717) is 17.9 Å². The number of rotatable bonds is 4. The average molecular weight is 376 g/mol. The van der Waals surface area contributed by atoms with Crippen molar-refractivity contribution in [2.75, 3.05) is 13.7 Å². The molecule has 2 N–H and O–H groups in total. The molecule has 2 aromatic heterocycles. The van der Waals surface area contributed by atoms with Crippen molar-refractivity contribution in [3.05, 3.63) is 83.1 Å². The van der Waals surface area contributed by atoms with E-state index in [1.807, 2.05) is 24.3 Å². The van der Waals surface area contributed by atoms with E-state index in [2.05, 4.69) is 38.3 Å². The molecule has 1 aliphatic rings. The number of ether oxygens (including phenoxy) is 1. The van der Waals surface area contributed by atoms with Gasteiger partial charge in [-0.2, -0.15) is 5.10 Å². The SMILES string of the molecule is COc1ccc(C2c3[nH]c4ccccc4c3CCN2Cc2ccn[nH]2)c(F)c1. The van der Waals surface area contributed by atoms with Crippen LogP contribution in [0.2, 0.25) is 0 Å². The first-order valence-electron chi connectivity index (χ1n) is 9.40. The lowest BCUT2D eigenvalue weighted by atomic mass is 9.92. The van der Waals surface area contributed by atoms with Crippen LogP contribution < -0.4 is 4.74 Å². The molecule has 0 fully saturated rings. The Balaban J connectivity index is 1.65. The van der Waals surface area contributed by atoms with Gasteiger partial charge >= 0.3 is 0 Å². The number of hydrogen-bond acceptors (Lipinski definition) is 3. The number of nitrogens with one attached hydrogen (secondary N) is 2. The van der Waals surface area contributed by atoms with Gasteiger partial charge in [-0.15, -0.1) is 0 Å². The van der Waals surface area contributed by atoms with E-state index in [4.69, 9.17) is 4.74 Å². The highest BCUT2D eigenvalue weighted by molar-refractivity contribution is 5.85. The minimum absolute atomic E-state index is 0.203. The normalized spacial score (nSPS) is 17.0. The van der Waals surface area contributed by atoms with Crippen LogP contribution in [-0.2, 0) is 13.0 Å². The minimum atomic E-state index is -0.259. The number of hydrogen-bond donors (Lipinski definition) is 2. The molecule has 6 heteroatoms. The van der Waals surface area contributed by atoms with Crippen LogP contribution in [0, 0.1) is 5.82 Å². The molecule has 0 radical (unpaired) electrons. The lowest BCUT2D eigenvalue weighted by Gasteiger charge is -2.36. The zero-order valence-electron chi connectivity index (χ0n) is 15.6. The first-order valence-corrected chi connectivity index (χ1v) is 9.40. The van der Waals surface area contributed by atoms with E-state index in [1.54, 1.807) is 13.3 Å². The Morgan fingerprint density at radius 2 is 2.11 bits per heavy atom. The fraction of sp³-hybridized carbons (Fsp3) is 0.227. The first-order chi connectivity index (χ1) is 13.7. The largest absolute Gasteiger partial charge is 0.497 e. The number of aromatic nitrogens is 3. The Bertz CT molecular complexity index is 1120. The number of nitrogens with zero attached hydrogens (tertiary/aromatic N) is 2. The zero-order chi connectivity index (χ0) is 19.1. The second-order valence-corrected chi connectivity index (χ2v) is 7.16. The van der Waals surface area contributed by atoms with Crippen LogP contribution in [-0.4, -0.2) is 33.7 Å². The predicted molar refractivity (Wildman–Crippen MR) is 106 cm³/mol. The van der Waals surface area contributed by atoms with E-state index in [9.17, 15) is 0 Å². The van der Waals surface area contributed by atoms with Crippen molar-refractivity contribution in [3.63, 3.8) is 0 Å². The van der Waals surface area contributed by atoms with Crippen LogP contribution in [0.15, 0.2) is 54.7 Å². The summed E-state index contributed by atoms with van der Waals surface area (Å²) >= 11 is 0. The summed E-state index contributed by atoms with van der Waals surface area (Å²) in [6.45, 7) is 1.51. The van der Waals surface area contributed by atoms with Gasteiger partial charge in [0.1, 0.15) is 11.6 Å². The summed E-state index contributed by atoms with van der Waals surface area (Å²) in [5.74, 6) is 0.263. The van der Waals surface area contributed by atoms with E-state index < -0.39 is 0 Å². The third-order valence-corrected chi connectivity index (χ3v) is 5.57. The van der Waals surface area contributed by atoms with Crippen molar-refractivity contribution in [1.29, 1.82) is 0 Å². The molecular formula is C22H21FN4O. The Morgan fingerprint density at radius 3 is 2.89 bits per heavy atom. The van der Waals surface area contributed by atoms with Gasteiger partial charge in [0.15, 0.2) is 0 Å². The number of methoxy groups -OCH3 is 1. The summed E-state index contributed by atoms with van der Waals surface area (Å²) in [4.78, 5) is 5.85. The van der Waals surface area contributed by atoms with E-state index in [1.165, 1.54) is 17.0 Å². The van der Waals surface area contributed by atoms with E-state index in [0.717, 1.165) is 29.9 Å². The fourth-order valence-corrected chi connectivity index (χ4v) is 4.26. The Labute approximate surface area is 162 Å². The summed E-state index contributed by atoms with van der Waals surface area (Å²) in [5.41, 5.74) is 5.09. The molecule has 0 aliphatic carbocycles. The highest BCUT2D eigenvalue weighted by atomic mass is 19.1. The number of H-pyrrole nitrogens is 2. The van der Waals surface area contributed by atoms with Crippen molar-refractivity contribution in [3.8, 4) is 5.75 Å². The van der Waals surface area contributed by atoms with Crippen molar-refractivity contribution >= 4 is 10.9 Å². The van der Waals surface area contributed by atoms with Gasteiger partial charge in [0.25, 0.3) is 0 Å². The van der Waals surface area contributed by atoms with Crippen LogP contribution in [0.5, 0.6) is 5.75 Å². The number of fused-ring (bicyclic) bond motifs is 3. The molecule has 4 aromatic rings. The number of para-hydroxylation sites is 1. The number of halogens is 1. The van der Waals surface area contributed by atoms with Gasteiger partial charge in [-0.3, -0.25) is 10.00 Å². The number of benzene rings is 2. The topological polar surface area (TPSA) is 56.9 Å². The Morgan fingerprint density at radius 1 is 1.21 bits per heavy atom. The first kappa shape index (κ1) is 17.0. The van der Waals surface area contributed by atoms with Crippen molar-refractivity contribution in [1.82, 2.24) is 20.1 Å². The zero-order valence-corrected chi connectivity index (χ0v) is 15.6. The summed E-state index contributed by atoms with van der Waals surface area (Å²) in [7, 11) is 1.55. The highest BCUT2D eigenvalue weighted by Gasteiger charge is 2.33. The molecule has 2 aromatic carbocycles. The summed E-state index contributed by atoms with van der Waals surface area (Å²) < 4.78 is 20.3. The molecule has 0 spiro atoms. The molecule has 3 heterocycles. The molecule has 0 saturated heterocycles. The van der Waals surface area contributed by atoms with Gasteiger partial charge in [0, 0.05) is 53.2 Å². The monoisotopic (exact) mass is 376 g/mol. The van der Waals surface area contributed by atoms with Crippen molar-refractivity contribution in [2.45, 2.75) is 19.0 Å². The fourth-order valence-electron chi connectivity index (χ4n) is 4.26. The second-order valence-electron chi connectivity index (χ2n) is 7.16. The van der Waals surface area contributed by atoms with Gasteiger partial charge in [-0.1, -0.05) is 24.3 Å². The lowest BCUT2D eigenvalue weighted by Crippen LogP contribution is -2.36. The van der Waals surface area contributed by atoms with Gasteiger partial charge in [0.05, 0.1) is 13.2 Å². The van der Waals surface area contributed by atoms with Gasteiger partial charge in [0.2, 0.25) is 0 Å². The molecule has 1 atom stereocenters. The Hall–Kier alpha value is -3.12. The van der Waals surface area contributed by atoms with Crippen molar-refractivity contribution in [2.24, 2.45) is 0 Å². The quantitative estimate of drug-likeness (QED) is 0.562. The molecule has 142 valence electrons. The molecule has 0 bridgehead atoms. The molecule has 28 heavy (non-hydrogen) atoms. The third kappa shape index (κ3) is 2.77. The molecule has 5 rings (SSSR count). The van der Waals surface area contributed by atoms with E-state index >= 15 is 4.39 Å². The predicted octanol–water partition coefficient (Wildman–Crippen LogP) is 4.19. The van der Waals surface area contributed by atoms with Crippen LogP contribution in [0.3, 0.4) is 0 Å². The highest BCUT2D eigenvalue weighted by Crippen LogP contribution is 2.40. The minimum Gasteiger partial charge on any atom is -0.497 e. The summed E-state index contributed by atoms with van der Waals surface area (Å²) in [6.07, 6.45) is 2.67. The van der Waals surface area contributed by atoms with Crippen LogP contribution >= 0.6 is 0 Å². The van der Waals surface area contributed by atoms with Gasteiger partial charge in [-0.05, 0) is 30.2 Å². The second kappa shape index (κ2) is 6.80. The molecule has 5 nitrogen and oxygen atoms in total. The maximum Gasteiger partial charge on any atom is 0.132 e. The lowest BCUT2D eigenvalue weighted by molar-refractivity contribution is 0.196. The van der Waals surface area contributed by atoms with Crippen molar-refractivity contribution < 1.29 is 9.13 Å². The number of aromatic amines is 2. The van der Waals surface area contributed by atoms with Gasteiger partial charge < -0.3 is 9.72 Å².